The standard InChI is InChI=1S/C18H13ClN2O2/c19-16-5-6-17-14(8-16)7-15(11-23-17)18(22)21-10-13-3-1-12(9-20)2-4-13/h1-8H,10-11H2,(H,21,22). The summed E-state index contributed by atoms with van der Waals surface area (Å²) in [6.07, 6.45) is 1.79. The third-order valence-corrected chi connectivity index (χ3v) is 3.75. The number of nitrogens with zero attached hydrogens (tertiary/aromatic N) is 1. The average molecular weight is 325 g/mol. The Hall–Kier alpha value is -2.77. The highest BCUT2D eigenvalue weighted by Crippen LogP contribution is 2.28. The highest BCUT2D eigenvalue weighted by molar-refractivity contribution is 6.30. The molecule has 0 aromatic heterocycles. The van der Waals surface area contributed by atoms with Crippen LogP contribution in [0.15, 0.2) is 48.0 Å². The van der Waals surface area contributed by atoms with Crippen LogP contribution in [0, 0.1) is 11.3 Å². The fourth-order valence-electron chi connectivity index (χ4n) is 2.27. The molecule has 4 nitrogen and oxygen atoms in total. The number of hydrogen-bond acceptors (Lipinski definition) is 3. The number of carbonyl (C=O) groups is 1. The largest absolute Gasteiger partial charge is 0.488 e. The number of ether oxygens (including phenoxy) is 1. The van der Waals surface area contributed by atoms with Gasteiger partial charge in [0.1, 0.15) is 12.4 Å². The molecule has 3 rings (SSSR count). The maximum absolute atomic E-state index is 12.2. The number of rotatable bonds is 3. The second kappa shape index (κ2) is 6.55. The maximum atomic E-state index is 12.2. The summed E-state index contributed by atoms with van der Waals surface area (Å²) in [7, 11) is 0. The molecule has 5 heteroatoms. The Morgan fingerprint density at radius 3 is 2.78 bits per heavy atom. The predicted molar refractivity (Wildman–Crippen MR) is 87.9 cm³/mol. The van der Waals surface area contributed by atoms with Crippen molar-refractivity contribution in [2.24, 2.45) is 0 Å². The van der Waals surface area contributed by atoms with Crippen LogP contribution in [0.3, 0.4) is 0 Å². The van der Waals surface area contributed by atoms with Crippen LogP contribution in [0.4, 0.5) is 0 Å². The molecule has 0 unspecified atom stereocenters. The molecule has 0 fully saturated rings. The fourth-order valence-corrected chi connectivity index (χ4v) is 2.45. The highest BCUT2D eigenvalue weighted by atomic mass is 35.5. The highest BCUT2D eigenvalue weighted by Gasteiger charge is 2.17. The summed E-state index contributed by atoms with van der Waals surface area (Å²) in [6, 6.07) is 14.5. The van der Waals surface area contributed by atoms with E-state index < -0.39 is 0 Å². The second-order valence-corrected chi connectivity index (χ2v) is 5.57. The van der Waals surface area contributed by atoms with E-state index in [2.05, 4.69) is 11.4 Å². The molecule has 0 radical (unpaired) electrons. The topological polar surface area (TPSA) is 62.1 Å². The van der Waals surface area contributed by atoms with Crippen LogP contribution in [-0.4, -0.2) is 12.5 Å². The van der Waals surface area contributed by atoms with Crippen LogP contribution in [0.2, 0.25) is 5.02 Å². The minimum Gasteiger partial charge on any atom is -0.488 e. The Morgan fingerprint density at radius 2 is 2.04 bits per heavy atom. The van der Waals surface area contributed by atoms with Crippen molar-refractivity contribution in [2.45, 2.75) is 6.54 Å². The summed E-state index contributed by atoms with van der Waals surface area (Å²) in [5.74, 6) is 0.540. The second-order valence-electron chi connectivity index (χ2n) is 5.13. The zero-order valence-corrected chi connectivity index (χ0v) is 12.9. The van der Waals surface area contributed by atoms with Gasteiger partial charge in [-0.15, -0.1) is 0 Å². The fraction of sp³-hybridized carbons (Fsp3) is 0.111. The van der Waals surface area contributed by atoms with E-state index in [1.807, 2.05) is 12.1 Å². The van der Waals surface area contributed by atoms with Crippen molar-refractivity contribution in [1.82, 2.24) is 5.32 Å². The molecule has 0 atom stereocenters. The predicted octanol–water partition coefficient (Wildman–Crippen LogP) is 3.30. The summed E-state index contributed by atoms with van der Waals surface area (Å²) in [4.78, 5) is 12.2. The SMILES string of the molecule is N#Cc1ccc(CNC(=O)C2=Cc3cc(Cl)ccc3OC2)cc1. The molecule has 23 heavy (non-hydrogen) atoms. The number of nitrogens with one attached hydrogen (secondary N) is 1. The lowest BCUT2D eigenvalue weighted by Gasteiger charge is -2.17. The molecule has 2 aromatic carbocycles. The van der Waals surface area contributed by atoms with Crippen LogP contribution < -0.4 is 10.1 Å². The molecule has 1 heterocycles. The van der Waals surface area contributed by atoms with Crippen molar-refractivity contribution in [3.05, 3.63) is 69.8 Å². The van der Waals surface area contributed by atoms with Crippen LogP contribution in [-0.2, 0) is 11.3 Å². The maximum Gasteiger partial charge on any atom is 0.250 e. The lowest BCUT2D eigenvalue weighted by atomic mass is 10.1. The van der Waals surface area contributed by atoms with Gasteiger partial charge >= 0.3 is 0 Å². The van der Waals surface area contributed by atoms with E-state index in [0.717, 1.165) is 16.9 Å². The quantitative estimate of drug-likeness (QED) is 0.942. The Labute approximate surface area is 139 Å². The van der Waals surface area contributed by atoms with Gasteiger partial charge in [0.15, 0.2) is 0 Å². The summed E-state index contributed by atoms with van der Waals surface area (Å²) in [5.41, 5.74) is 2.87. The first-order valence-electron chi connectivity index (χ1n) is 7.06. The monoisotopic (exact) mass is 324 g/mol. The third-order valence-electron chi connectivity index (χ3n) is 3.51. The number of amides is 1. The summed E-state index contributed by atoms with van der Waals surface area (Å²) in [5, 5.41) is 12.2. The molecule has 0 saturated heterocycles. The van der Waals surface area contributed by atoms with E-state index >= 15 is 0 Å². The lowest BCUT2D eigenvalue weighted by Crippen LogP contribution is -2.28. The van der Waals surface area contributed by atoms with Gasteiger partial charge in [0.05, 0.1) is 17.2 Å². The number of halogens is 1. The molecular formula is C18H13ClN2O2. The van der Waals surface area contributed by atoms with Crippen molar-refractivity contribution in [1.29, 1.82) is 5.26 Å². The van der Waals surface area contributed by atoms with Gasteiger partial charge in [-0.2, -0.15) is 5.26 Å². The zero-order chi connectivity index (χ0) is 16.2. The van der Waals surface area contributed by atoms with E-state index in [4.69, 9.17) is 21.6 Å². The molecule has 114 valence electrons. The first kappa shape index (κ1) is 15.1. The van der Waals surface area contributed by atoms with Crippen LogP contribution in [0.5, 0.6) is 5.75 Å². The Bertz CT molecular complexity index is 820. The zero-order valence-electron chi connectivity index (χ0n) is 12.2. The van der Waals surface area contributed by atoms with Crippen LogP contribution in [0.25, 0.3) is 6.08 Å². The van der Waals surface area contributed by atoms with Crippen LogP contribution >= 0.6 is 11.6 Å². The molecule has 0 bridgehead atoms. The van der Waals surface area contributed by atoms with Gasteiger partial charge in [-0.1, -0.05) is 23.7 Å². The van der Waals surface area contributed by atoms with E-state index in [0.29, 0.717) is 22.7 Å². The Kier molecular flexibility index (Phi) is 4.31. The van der Waals surface area contributed by atoms with Crippen LogP contribution in [0.1, 0.15) is 16.7 Å². The van der Waals surface area contributed by atoms with E-state index in [1.54, 1.807) is 36.4 Å². The summed E-state index contributed by atoms with van der Waals surface area (Å²) in [6.45, 7) is 0.623. The third kappa shape index (κ3) is 3.53. The lowest BCUT2D eigenvalue weighted by molar-refractivity contribution is -0.117. The van der Waals surface area contributed by atoms with Crippen molar-refractivity contribution >= 4 is 23.6 Å². The first-order chi connectivity index (χ1) is 11.2. The minimum absolute atomic E-state index is 0.181. The molecular weight excluding hydrogens is 312 g/mol. The number of fused-ring (bicyclic) bond motifs is 1. The van der Waals surface area contributed by atoms with Gasteiger partial charge in [0.25, 0.3) is 5.91 Å². The van der Waals surface area contributed by atoms with Gasteiger partial charge in [-0.05, 0) is 42.0 Å². The van der Waals surface area contributed by atoms with Crippen molar-refractivity contribution < 1.29 is 9.53 Å². The van der Waals surface area contributed by atoms with Crippen molar-refractivity contribution in [3.63, 3.8) is 0 Å². The molecule has 1 aliphatic heterocycles. The summed E-state index contributed by atoms with van der Waals surface area (Å²) >= 11 is 5.96. The number of nitriles is 1. The number of carbonyl (C=O) groups excluding carboxylic acids is 1. The molecule has 1 N–H and O–H groups in total. The molecule has 0 saturated carbocycles. The van der Waals surface area contributed by atoms with Crippen molar-refractivity contribution in [3.8, 4) is 11.8 Å². The first-order valence-corrected chi connectivity index (χ1v) is 7.43. The number of hydrogen-bond donors (Lipinski definition) is 1. The summed E-state index contributed by atoms with van der Waals surface area (Å²) < 4.78 is 5.57. The molecule has 0 spiro atoms. The molecule has 0 aliphatic carbocycles. The molecule has 1 amide bonds. The Morgan fingerprint density at radius 1 is 1.26 bits per heavy atom. The van der Waals surface area contributed by atoms with Gasteiger partial charge in [-0.3, -0.25) is 4.79 Å². The van der Waals surface area contributed by atoms with Gasteiger partial charge in [-0.25, -0.2) is 0 Å². The van der Waals surface area contributed by atoms with Gasteiger partial charge in [0, 0.05) is 17.1 Å². The normalized spacial score (nSPS) is 12.4. The van der Waals surface area contributed by atoms with E-state index in [1.165, 1.54) is 0 Å². The smallest absolute Gasteiger partial charge is 0.250 e. The van der Waals surface area contributed by atoms with Crippen molar-refractivity contribution in [2.75, 3.05) is 6.61 Å². The Balaban J connectivity index is 1.67. The van der Waals surface area contributed by atoms with Gasteiger partial charge in [0.2, 0.25) is 0 Å². The average Bonchev–Trinajstić information content (AvgIpc) is 2.59. The van der Waals surface area contributed by atoms with Gasteiger partial charge < -0.3 is 10.1 Å². The molecule has 1 aliphatic rings. The molecule has 2 aromatic rings. The van der Waals surface area contributed by atoms with E-state index in [-0.39, 0.29) is 12.5 Å². The van der Waals surface area contributed by atoms with E-state index in [9.17, 15) is 4.79 Å². The number of benzene rings is 2. The minimum atomic E-state index is -0.181.